The van der Waals surface area contributed by atoms with E-state index in [0.29, 0.717) is 29.2 Å². The van der Waals surface area contributed by atoms with Crippen LogP contribution in [0.3, 0.4) is 0 Å². The van der Waals surface area contributed by atoms with Crippen molar-refractivity contribution in [3.8, 4) is 11.6 Å². The number of aryl methyl sites for hydroxylation is 1. The van der Waals surface area contributed by atoms with Crippen molar-refractivity contribution < 1.29 is 13.2 Å². The number of H-pyrrole nitrogens is 1. The van der Waals surface area contributed by atoms with Gasteiger partial charge in [0.2, 0.25) is 0 Å². The number of para-hydroxylation sites is 1. The van der Waals surface area contributed by atoms with Crippen LogP contribution in [0.15, 0.2) is 82.6 Å². The third kappa shape index (κ3) is 4.47. The molecule has 4 rings (SSSR count). The van der Waals surface area contributed by atoms with Crippen LogP contribution in [0, 0.1) is 6.92 Å². The van der Waals surface area contributed by atoms with Gasteiger partial charge in [-0.1, -0.05) is 30.3 Å². The predicted octanol–water partition coefficient (Wildman–Crippen LogP) is 3.68. The fourth-order valence-corrected chi connectivity index (χ4v) is 5.23. The van der Waals surface area contributed by atoms with Crippen molar-refractivity contribution in [3.05, 3.63) is 100 Å². The van der Waals surface area contributed by atoms with E-state index >= 15 is 0 Å². The second kappa shape index (κ2) is 9.56. The lowest BCUT2D eigenvalue weighted by molar-refractivity contribution is 0.414. The third-order valence-electron chi connectivity index (χ3n) is 5.58. The number of pyridine rings is 1. The third-order valence-corrected chi connectivity index (χ3v) is 7.46. The highest BCUT2D eigenvalue weighted by Gasteiger charge is 2.24. The lowest BCUT2D eigenvalue weighted by Crippen LogP contribution is -2.30. The fraction of sp³-hybridized carbons (Fsp3) is 0.200. The molecular formula is C25H26N4O4S. The monoisotopic (exact) mass is 478 g/mol. The molecular weight excluding hydrogens is 452 g/mol. The van der Waals surface area contributed by atoms with E-state index in [9.17, 15) is 13.2 Å². The molecule has 0 aliphatic rings. The Bertz CT molecular complexity index is 1440. The van der Waals surface area contributed by atoms with E-state index in [1.54, 1.807) is 38.3 Å². The summed E-state index contributed by atoms with van der Waals surface area (Å²) in [4.78, 5) is 17.4. The number of ether oxygens (including phenoxy) is 1. The number of nitrogens with one attached hydrogen (secondary N) is 1. The standard InChI is InChI=1S/C25H26N4O4S/c1-4-28(20-10-6-5-7-11-20)34(31,32)22-13-14-24(26-17-22)29-25(30)23(18(2)27-29)16-19-9-8-12-21(15-19)33-3/h5-15,17,27H,4,16H2,1-3H3. The summed E-state index contributed by atoms with van der Waals surface area (Å²) in [6.45, 7) is 3.87. The Labute approximate surface area is 198 Å². The summed E-state index contributed by atoms with van der Waals surface area (Å²) >= 11 is 0. The van der Waals surface area contributed by atoms with Crippen LogP contribution in [0.25, 0.3) is 5.82 Å². The van der Waals surface area contributed by atoms with Gasteiger partial charge in [-0.05, 0) is 55.8 Å². The van der Waals surface area contributed by atoms with E-state index in [1.165, 1.54) is 27.3 Å². The van der Waals surface area contributed by atoms with Crippen molar-refractivity contribution in [2.24, 2.45) is 0 Å². The minimum Gasteiger partial charge on any atom is -0.497 e. The van der Waals surface area contributed by atoms with Gasteiger partial charge in [-0.3, -0.25) is 14.2 Å². The molecule has 176 valence electrons. The molecule has 2 aromatic carbocycles. The van der Waals surface area contributed by atoms with Crippen molar-refractivity contribution in [1.29, 1.82) is 0 Å². The minimum absolute atomic E-state index is 0.0508. The molecule has 9 heteroatoms. The van der Waals surface area contributed by atoms with E-state index in [0.717, 1.165) is 11.3 Å². The molecule has 34 heavy (non-hydrogen) atoms. The van der Waals surface area contributed by atoms with Gasteiger partial charge in [-0.15, -0.1) is 0 Å². The Morgan fingerprint density at radius 2 is 1.82 bits per heavy atom. The van der Waals surface area contributed by atoms with Gasteiger partial charge in [0, 0.05) is 30.4 Å². The number of rotatable bonds is 8. The zero-order valence-corrected chi connectivity index (χ0v) is 20.0. The first-order valence-electron chi connectivity index (χ1n) is 10.8. The largest absolute Gasteiger partial charge is 0.497 e. The molecule has 0 atom stereocenters. The summed E-state index contributed by atoms with van der Waals surface area (Å²) < 4.78 is 34.3. The van der Waals surface area contributed by atoms with E-state index in [4.69, 9.17) is 4.74 Å². The predicted molar refractivity (Wildman–Crippen MR) is 131 cm³/mol. The molecule has 2 aromatic heterocycles. The first kappa shape index (κ1) is 23.3. The van der Waals surface area contributed by atoms with Crippen LogP contribution < -0.4 is 14.6 Å². The van der Waals surface area contributed by atoms with Crippen LogP contribution in [0.2, 0.25) is 0 Å². The summed E-state index contributed by atoms with van der Waals surface area (Å²) in [5.74, 6) is 1.04. The molecule has 0 spiro atoms. The molecule has 2 heterocycles. The molecule has 0 aliphatic heterocycles. The molecule has 0 radical (unpaired) electrons. The number of aromatic amines is 1. The molecule has 0 unspecified atom stereocenters. The quantitative estimate of drug-likeness (QED) is 0.417. The Morgan fingerprint density at radius 1 is 1.06 bits per heavy atom. The van der Waals surface area contributed by atoms with E-state index in [1.807, 2.05) is 37.3 Å². The lowest BCUT2D eigenvalue weighted by atomic mass is 10.1. The number of hydrogen-bond donors (Lipinski definition) is 1. The van der Waals surface area contributed by atoms with Crippen LogP contribution >= 0.6 is 0 Å². The van der Waals surface area contributed by atoms with Gasteiger partial charge in [-0.2, -0.15) is 0 Å². The molecule has 0 fully saturated rings. The van der Waals surface area contributed by atoms with Gasteiger partial charge in [0.25, 0.3) is 15.6 Å². The normalized spacial score (nSPS) is 11.4. The van der Waals surface area contributed by atoms with Crippen molar-refractivity contribution in [1.82, 2.24) is 14.8 Å². The van der Waals surface area contributed by atoms with Gasteiger partial charge in [-0.25, -0.2) is 18.1 Å². The maximum atomic E-state index is 13.2. The number of benzene rings is 2. The van der Waals surface area contributed by atoms with Crippen molar-refractivity contribution in [2.45, 2.75) is 25.2 Å². The van der Waals surface area contributed by atoms with E-state index in [-0.39, 0.29) is 17.0 Å². The zero-order valence-electron chi connectivity index (χ0n) is 19.2. The molecule has 0 bridgehead atoms. The number of hydrogen-bond acceptors (Lipinski definition) is 5. The highest BCUT2D eigenvalue weighted by molar-refractivity contribution is 7.92. The smallest absolute Gasteiger partial charge is 0.276 e. The van der Waals surface area contributed by atoms with Crippen LogP contribution in [-0.2, 0) is 16.4 Å². The van der Waals surface area contributed by atoms with Gasteiger partial charge < -0.3 is 4.74 Å². The average Bonchev–Trinajstić information content (AvgIpc) is 3.13. The Balaban J connectivity index is 1.63. The minimum atomic E-state index is -3.80. The van der Waals surface area contributed by atoms with Gasteiger partial charge in [0.1, 0.15) is 10.6 Å². The molecule has 1 N–H and O–H groups in total. The van der Waals surface area contributed by atoms with Crippen LogP contribution in [0.5, 0.6) is 5.75 Å². The highest BCUT2D eigenvalue weighted by atomic mass is 32.2. The number of anilines is 1. The summed E-state index contributed by atoms with van der Waals surface area (Å²) in [5.41, 5.74) is 2.61. The van der Waals surface area contributed by atoms with Crippen molar-refractivity contribution in [3.63, 3.8) is 0 Å². The maximum absolute atomic E-state index is 13.2. The van der Waals surface area contributed by atoms with Gasteiger partial charge in [0.05, 0.1) is 12.8 Å². The number of sulfonamides is 1. The second-order valence-electron chi connectivity index (χ2n) is 7.74. The topological polar surface area (TPSA) is 97.3 Å². The molecule has 0 aliphatic carbocycles. The highest BCUT2D eigenvalue weighted by Crippen LogP contribution is 2.23. The van der Waals surface area contributed by atoms with E-state index < -0.39 is 10.0 Å². The molecule has 0 saturated carbocycles. The van der Waals surface area contributed by atoms with Crippen LogP contribution in [0.1, 0.15) is 23.7 Å². The zero-order chi connectivity index (χ0) is 24.3. The van der Waals surface area contributed by atoms with Crippen LogP contribution in [-0.4, -0.2) is 36.8 Å². The molecule has 4 aromatic rings. The van der Waals surface area contributed by atoms with Gasteiger partial charge in [0.15, 0.2) is 5.82 Å². The number of aromatic nitrogens is 3. The summed E-state index contributed by atoms with van der Waals surface area (Å²) in [6, 6.07) is 19.4. The molecule has 0 saturated heterocycles. The Morgan fingerprint density at radius 3 is 2.47 bits per heavy atom. The van der Waals surface area contributed by atoms with Gasteiger partial charge >= 0.3 is 0 Å². The summed E-state index contributed by atoms with van der Waals surface area (Å²) in [5, 5.41) is 3.05. The summed E-state index contributed by atoms with van der Waals surface area (Å²) in [6.07, 6.45) is 1.71. The van der Waals surface area contributed by atoms with Crippen LogP contribution in [0.4, 0.5) is 5.69 Å². The van der Waals surface area contributed by atoms with Crippen molar-refractivity contribution in [2.75, 3.05) is 18.0 Å². The molecule has 8 nitrogen and oxygen atoms in total. The lowest BCUT2D eigenvalue weighted by Gasteiger charge is -2.22. The fourth-order valence-electron chi connectivity index (χ4n) is 3.81. The second-order valence-corrected chi connectivity index (χ2v) is 9.60. The Hall–Kier alpha value is -3.85. The van der Waals surface area contributed by atoms with E-state index in [2.05, 4.69) is 10.1 Å². The summed E-state index contributed by atoms with van der Waals surface area (Å²) in [7, 11) is -2.20. The first-order chi connectivity index (χ1) is 16.3. The number of nitrogens with zero attached hydrogens (tertiary/aromatic N) is 3. The maximum Gasteiger partial charge on any atom is 0.276 e. The molecule has 0 amide bonds. The first-order valence-corrected chi connectivity index (χ1v) is 12.3. The number of methoxy groups -OCH3 is 1. The SMILES string of the molecule is CCN(c1ccccc1)S(=O)(=O)c1ccc(-n2[nH]c(C)c(Cc3cccc(OC)c3)c2=O)nc1. The average molecular weight is 479 g/mol. The van der Waals surface area contributed by atoms with Crippen molar-refractivity contribution >= 4 is 15.7 Å². The Kier molecular flexibility index (Phi) is 6.56.